The molecule has 6 heteroatoms. The Morgan fingerprint density at radius 2 is 1.92 bits per heavy atom. The second kappa shape index (κ2) is 8.99. The molecule has 0 radical (unpaired) electrons. The number of aromatic nitrogens is 1. The largest absolute Gasteiger partial charge is 0.484 e. The molecular weight excluding hydrogens is 328 g/mol. The van der Waals surface area contributed by atoms with Gasteiger partial charge in [0.05, 0.1) is 5.71 Å². The van der Waals surface area contributed by atoms with Crippen LogP contribution >= 0.6 is 0 Å². The van der Waals surface area contributed by atoms with Crippen LogP contribution in [0.25, 0.3) is 0 Å². The number of amides is 1. The van der Waals surface area contributed by atoms with E-state index >= 15 is 0 Å². The average molecular weight is 352 g/mol. The molecule has 1 saturated heterocycles. The Labute approximate surface area is 153 Å². The van der Waals surface area contributed by atoms with Gasteiger partial charge in [-0.05, 0) is 68.1 Å². The Morgan fingerprint density at radius 1 is 1.15 bits per heavy atom. The van der Waals surface area contributed by atoms with E-state index in [0.29, 0.717) is 11.6 Å². The fraction of sp³-hybridized carbons (Fsp3) is 0.350. The van der Waals surface area contributed by atoms with Crippen molar-refractivity contribution in [3.8, 4) is 5.75 Å². The molecule has 6 nitrogen and oxygen atoms in total. The Hall–Kier alpha value is -2.89. The molecule has 0 atom stereocenters. The lowest BCUT2D eigenvalue weighted by Gasteiger charge is -2.26. The van der Waals surface area contributed by atoms with Gasteiger partial charge in [0.25, 0.3) is 5.91 Å². The van der Waals surface area contributed by atoms with Crippen LogP contribution in [0.5, 0.6) is 5.75 Å². The molecule has 3 rings (SSSR count). The van der Waals surface area contributed by atoms with Crippen LogP contribution in [0, 0.1) is 0 Å². The number of hydrazone groups is 1. The van der Waals surface area contributed by atoms with Crippen LogP contribution in [0.1, 0.15) is 31.7 Å². The van der Waals surface area contributed by atoms with Crippen LogP contribution in [0.4, 0.5) is 5.82 Å². The van der Waals surface area contributed by atoms with Crippen molar-refractivity contribution in [3.63, 3.8) is 0 Å². The second-order valence-electron chi connectivity index (χ2n) is 6.28. The zero-order chi connectivity index (χ0) is 18.2. The van der Waals surface area contributed by atoms with Crippen LogP contribution in [0.15, 0.2) is 53.8 Å². The van der Waals surface area contributed by atoms with Gasteiger partial charge < -0.3 is 9.64 Å². The zero-order valence-electron chi connectivity index (χ0n) is 15.0. The maximum Gasteiger partial charge on any atom is 0.260 e. The summed E-state index contributed by atoms with van der Waals surface area (Å²) in [5.74, 6) is 1.44. The molecule has 1 amide bonds. The Balaban J connectivity index is 1.51. The van der Waals surface area contributed by atoms with Gasteiger partial charge in [-0.2, -0.15) is 5.10 Å². The van der Waals surface area contributed by atoms with Crippen molar-refractivity contribution in [2.24, 2.45) is 5.10 Å². The maximum absolute atomic E-state index is 12.1. The van der Waals surface area contributed by atoms with Crippen LogP contribution in [0.3, 0.4) is 0 Å². The third-order valence-corrected chi connectivity index (χ3v) is 4.35. The number of carbonyl (C=O) groups excluding carboxylic acids is 1. The monoisotopic (exact) mass is 352 g/mol. The number of hydrogen-bond acceptors (Lipinski definition) is 5. The van der Waals surface area contributed by atoms with E-state index in [2.05, 4.69) is 15.5 Å². The van der Waals surface area contributed by atoms with E-state index < -0.39 is 0 Å². The van der Waals surface area contributed by atoms with Crippen molar-refractivity contribution in [2.45, 2.75) is 26.2 Å². The lowest BCUT2D eigenvalue weighted by Crippen LogP contribution is -2.38. The van der Waals surface area contributed by atoms with Crippen molar-refractivity contribution in [3.05, 3.63) is 54.2 Å². The fourth-order valence-electron chi connectivity index (χ4n) is 2.81. The summed E-state index contributed by atoms with van der Waals surface area (Å²) in [6, 6.07) is 13.2. The summed E-state index contributed by atoms with van der Waals surface area (Å²) < 4.78 is 5.63. The second-order valence-corrected chi connectivity index (χ2v) is 6.28. The summed E-state index contributed by atoms with van der Waals surface area (Å²) in [5, 5.41) is 4.33. The maximum atomic E-state index is 12.1. The first-order valence-electron chi connectivity index (χ1n) is 8.95. The molecule has 0 bridgehead atoms. The number of rotatable bonds is 6. The molecule has 1 aliphatic heterocycles. The SMILES string of the molecule is C/C(=N/Nc1ccccn1)c1ccc(OCC(=O)N2CCCCC2)cc1. The van der Waals surface area contributed by atoms with E-state index in [1.54, 1.807) is 6.20 Å². The molecule has 2 aromatic rings. The number of piperidine rings is 1. The van der Waals surface area contributed by atoms with Crippen molar-refractivity contribution >= 4 is 17.4 Å². The smallest absolute Gasteiger partial charge is 0.260 e. The Morgan fingerprint density at radius 3 is 2.62 bits per heavy atom. The van der Waals surface area contributed by atoms with E-state index in [4.69, 9.17) is 4.74 Å². The zero-order valence-corrected chi connectivity index (χ0v) is 15.0. The number of carbonyl (C=O) groups is 1. The normalized spacial score (nSPS) is 14.8. The predicted octanol–water partition coefficient (Wildman–Crippen LogP) is 3.31. The minimum Gasteiger partial charge on any atom is -0.484 e. The number of likely N-dealkylation sites (tertiary alicyclic amines) is 1. The van der Waals surface area contributed by atoms with Crippen molar-refractivity contribution in [1.82, 2.24) is 9.88 Å². The summed E-state index contributed by atoms with van der Waals surface area (Å²) in [4.78, 5) is 18.2. The van der Waals surface area contributed by atoms with E-state index in [-0.39, 0.29) is 12.5 Å². The van der Waals surface area contributed by atoms with Crippen LogP contribution < -0.4 is 10.2 Å². The van der Waals surface area contributed by atoms with E-state index in [1.165, 1.54) is 6.42 Å². The molecule has 0 unspecified atom stereocenters. The summed E-state index contributed by atoms with van der Waals surface area (Å²) in [5.41, 5.74) is 4.74. The fourth-order valence-corrected chi connectivity index (χ4v) is 2.81. The Kier molecular flexibility index (Phi) is 6.19. The highest BCUT2D eigenvalue weighted by Crippen LogP contribution is 2.14. The van der Waals surface area contributed by atoms with Gasteiger partial charge in [-0.3, -0.25) is 10.2 Å². The highest BCUT2D eigenvalue weighted by Gasteiger charge is 2.16. The van der Waals surface area contributed by atoms with Gasteiger partial charge in [-0.25, -0.2) is 4.98 Å². The van der Waals surface area contributed by atoms with Crippen molar-refractivity contribution in [2.75, 3.05) is 25.1 Å². The minimum absolute atomic E-state index is 0.0612. The quantitative estimate of drug-likeness (QED) is 0.640. The van der Waals surface area contributed by atoms with Gasteiger partial charge >= 0.3 is 0 Å². The third kappa shape index (κ3) is 5.05. The third-order valence-electron chi connectivity index (χ3n) is 4.35. The standard InChI is InChI=1S/C20H24N4O2/c1-16(22-23-19-7-3-4-12-21-19)17-8-10-18(11-9-17)26-15-20(25)24-13-5-2-6-14-24/h3-4,7-12H,2,5-6,13-15H2,1H3,(H,21,23)/b22-16-. The predicted molar refractivity (Wildman–Crippen MR) is 102 cm³/mol. The molecular formula is C20H24N4O2. The highest BCUT2D eigenvalue weighted by molar-refractivity contribution is 5.99. The molecule has 26 heavy (non-hydrogen) atoms. The minimum atomic E-state index is 0.0612. The lowest BCUT2D eigenvalue weighted by atomic mass is 10.1. The number of nitrogens with one attached hydrogen (secondary N) is 1. The van der Waals surface area contributed by atoms with Gasteiger partial charge in [0.2, 0.25) is 0 Å². The molecule has 2 heterocycles. The Bertz CT molecular complexity index is 738. The molecule has 1 aromatic heterocycles. The number of pyridine rings is 1. The number of hydrogen-bond donors (Lipinski definition) is 1. The van der Waals surface area contributed by atoms with Gasteiger partial charge in [0, 0.05) is 19.3 Å². The number of anilines is 1. The summed E-state index contributed by atoms with van der Waals surface area (Å²) in [7, 11) is 0. The van der Waals surface area contributed by atoms with E-state index in [9.17, 15) is 4.79 Å². The van der Waals surface area contributed by atoms with Gasteiger partial charge in [0.15, 0.2) is 6.61 Å². The van der Waals surface area contributed by atoms with E-state index in [0.717, 1.165) is 37.2 Å². The van der Waals surface area contributed by atoms with E-state index in [1.807, 2.05) is 54.3 Å². The molecule has 1 aromatic carbocycles. The molecule has 1 aliphatic rings. The lowest BCUT2D eigenvalue weighted by molar-refractivity contribution is -0.134. The molecule has 1 fully saturated rings. The first-order chi connectivity index (χ1) is 12.7. The topological polar surface area (TPSA) is 66.8 Å². The van der Waals surface area contributed by atoms with Gasteiger partial charge in [-0.1, -0.05) is 6.07 Å². The molecule has 0 spiro atoms. The molecule has 136 valence electrons. The summed E-state index contributed by atoms with van der Waals surface area (Å²) >= 11 is 0. The highest BCUT2D eigenvalue weighted by atomic mass is 16.5. The number of benzene rings is 1. The molecule has 0 aliphatic carbocycles. The van der Waals surface area contributed by atoms with Crippen molar-refractivity contribution < 1.29 is 9.53 Å². The van der Waals surface area contributed by atoms with Gasteiger partial charge in [0.1, 0.15) is 11.6 Å². The van der Waals surface area contributed by atoms with Crippen LogP contribution in [-0.4, -0.2) is 41.2 Å². The number of nitrogens with zero attached hydrogens (tertiary/aromatic N) is 3. The first kappa shape index (κ1) is 17.9. The van der Waals surface area contributed by atoms with Gasteiger partial charge in [-0.15, -0.1) is 0 Å². The first-order valence-corrected chi connectivity index (χ1v) is 8.95. The molecule has 0 saturated carbocycles. The van der Waals surface area contributed by atoms with Crippen molar-refractivity contribution in [1.29, 1.82) is 0 Å². The summed E-state index contributed by atoms with van der Waals surface area (Å²) in [6.07, 6.45) is 5.10. The number of ether oxygens (including phenoxy) is 1. The van der Waals surface area contributed by atoms with Crippen LogP contribution in [0.2, 0.25) is 0 Å². The molecule has 1 N–H and O–H groups in total. The van der Waals surface area contributed by atoms with Crippen LogP contribution in [-0.2, 0) is 4.79 Å². The summed E-state index contributed by atoms with van der Waals surface area (Å²) in [6.45, 7) is 3.71. The average Bonchev–Trinajstić information content (AvgIpc) is 2.72.